The van der Waals surface area contributed by atoms with E-state index in [0.29, 0.717) is 6.54 Å². The quantitative estimate of drug-likeness (QED) is 0.105. The van der Waals surface area contributed by atoms with Gasteiger partial charge in [0.15, 0.2) is 0 Å². The predicted molar refractivity (Wildman–Crippen MR) is 125 cm³/mol. The summed E-state index contributed by atoms with van der Waals surface area (Å²) in [4.78, 5) is 0. The van der Waals surface area contributed by atoms with Crippen LogP contribution in [0.2, 0.25) is 0 Å². The molecule has 170 valence electrons. The van der Waals surface area contributed by atoms with Crippen LogP contribution >= 0.6 is 0 Å². The largest absolute Gasteiger partial charge is 0.633 e. The van der Waals surface area contributed by atoms with Crippen LogP contribution in [0.5, 0.6) is 0 Å². The van der Waals surface area contributed by atoms with Gasteiger partial charge in [0.05, 0.1) is 14.1 Å². The minimum absolute atomic E-state index is 0.119. The molecular formula is C25H53NO2. The molecule has 3 heteroatoms. The molecule has 0 saturated carbocycles. The monoisotopic (exact) mass is 399 g/mol. The first-order chi connectivity index (χ1) is 13.5. The SMILES string of the molecule is CCCCCCCCCCCCCCCCCCCCC(C[N+](C)(C)[O-])OC. The summed E-state index contributed by atoms with van der Waals surface area (Å²) in [6.07, 6.45) is 26.4. The molecule has 0 rings (SSSR count). The molecule has 1 unspecified atom stereocenters. The summed E-state index contributed by atoms with van der Waals surface area (Å²) in [5.41, 5.74) is 0. The lowest BCUT2D eigenvalue weighted by Crippen LogP contribution is -2.40. The van der Waals surface area contributed by atoms with E-state index in [1.165, 1.54) is 116 Å². The number of quaternary nitrogens is 1. The Morgan fingerprint density at radius 3 is 1.21 bits per heavy atom. The Kier molecular flexibility index (Phi) is 20.1. The predicted octanol–water partition coefficient (Wildman–Crippen LogP) is 8.01. The molecule has 0 N–H and O–H groups in total. The molecule has 3 nitrogen and oxygen atoms in total. The number of hydrogen-bond donors (Lipinski definition) is 0. The highest BCUT2D eigenvalue weighted by molar-refractivity contribution is 4.58. The Morgan fingerprint density at radius 1 is 0.607 bits per heavy atom. The van der Waals surface area contributed by atoms with Crippen molar-refractivity contribution in [2.24, 2.45) is 0 Å². The molecule has 0 radical (unpaired) electrons. The second-order valence-electron chi connectivity index (χ2n) is 9.41. The number of nitrogens with zero attached hydrogens (tertiary/aromatic N) is 1. The Hall–Kier alpha value is -0.120. The fourth-order valence-corrected chi connectivity index (χ4v) is 4.05. The summed E-state index contributed by atoms with van der Waals surface area (Å²) in [6.45, 7) is 2.85. The van der Waals surface area contributed by atoms with Crippen LogP contribution in [0.3, 0.4) is 0 Å². The lowest BCUT2D eigenvalue weighted by molar-refractivity contribution is -0.843. The molecule has 1 atom stereocenters. The van der Waals surface area contributed by atoms with Crippen molar-refractivity contribution in [3.63, 3.8) is 0 Å². The molecule has 0 aromatic rings. The fraction of sp³-hybridized carbons (Fsp3) is 1.00. The van der Waals surface area contributed by atoms with E-state index in [4.69, 9.17) is 4.74 Å². The van der Waals surface area contributed by atoms with E-state index in [0.717, 1.165) is 6.42 Å². The molecule has 0 aromatic heterocycles. The van der Waals surface area contributed by atoms with Crippen LogP contribution in [0.4, 0.5) is 0 Å². The first kappa shape index (κ1) is 27.9. The van der Waals surface area contributed by atoms with Gasteiger partial charge in [0.25, 0.3) is 0 Å². The number of ether oxygens (including phenoxy) is 1. The first-order valence-corrected chi connectivity index (χ1v) is 12.6. The Morgan fingerprint density at radius 2 is 0.929 bits per heavy atom. The van der Waals surface area contributed by atoms with Gasteiger partial charge in [-0.1, -0.05) is 122 Å². The average Bonchev–Trinajstić information content (AvgIpc) is 2.65. The number of hydroxylamine groups is 3. The summed E-state index contributed by atoms with van der Waals surface area (Å²) in [7, 11) is 5.12. The number of rotatable bonds is 22. The van der Waals surface area contributed by atoms with E-state index in [1.54, 1.807) is 21.2 Å². The first-order valence-electron chi connectivity index (χ1n) is 12.6. The van der Waals surface area contributed by atoms with Gasteiger partial charge in [0.2, 0.25) is 0 Å². The van der Waals surface area contributed by atoms with Gasteiger partial charge in [-0.15, -0.1) is 0 Å². The van der Waals surface area contributed by atoms with Gasteiger partial charge in [-0.2, -0.15) is 0 Å². The molecule has 0 fully saturated rings. The van der Waals surface area contributed by atoms with Crippen LogP contribution in [0, 0.1) is 5.21 Å². The minimum Gasteiger partial charge on any atom is -0.633 e. The van der Waals surface area contributed by atoms with Gasteiger partial charge < -0.3 is 14.6 Å². The van der Waals surface area contributed by atoms with Gasteiger partial charge in [-0.05, 0) is 6.42 Å². The second kappa shape index (κ2) is 20.2. The van der Waals surface area contributed by atoms with Crippen molar-refractivity contribution >= 4 is 0 Å². The van der Waals surface area contributed by atoms with E-state index in [9.17, 15) is 5.21 Å². The molecule has 0 amide bonds. The maximum absolute atomic E-state index is 11.7. The highest BCUT2D eigenvalue weighted by Crippen LogP contribution is 2.15. The van der Waals surface area contributed by atoms with Gasteiger partial charge in [-0.25, -0.2) is 0 Å². The molecule has 0 aromatic carbocycles. The van der Waals surface area contributed by atoms with Crippen LogP contribution in [0.15, 0.2) is 0 Å². The van der Waals surface area contributed by atoms with E-state index in [1.807, 2.05) is 0 Å². The highest BCUT2D eigenvalue weighted by Gasteiger charge is 2.14. The van der Waals surface area contributed by atoms with Crippen LogP contribution in [-0.2, 0) is 4.74 Å². The summed E-state index contributed by atoms with van der Waals surface area (Å²) in [6, 6.07) is 0. The zero-order chi connectivity index (χ0) is 20.9. The Labute approximate surface area is 177 Å². The molecule has 0 aliphatic heterocycles. The lowest BCUT2D eigenvalue weighted by atomic mass is 10.0. The molecule has 0 spiro atoms. The van der Waals surface area contributed by atoms with Crippen molar-refractivity contribution in [3.8, 4) is 0 Å². The third-order valence-corrected chi connectivity index (χ3v) is 5.86. The van der Waals surface area contributed by atoms with Crippen LogP contribution in [0.25, 0.3) is 0 Å². The average molecular weight is 400 g/mol. The van der Waals surface area contributed by atoms with Crippen LogP contribution in [0.1, 0.15) is 129 Å². The maximum atomic E-state index is 11.7. The second-order valence-corrected chi connectivity index (χ2v) is 9.41. The number of unbranched alkanes of at least 4 members (excludes halogenated alkanes) is 17. The van der Waals surface area contributed by atoms with Crippen molar-refractivity contribution in [2.75, 3.05) is 27.7 Å². The fourth-order valence-electron chi connectivity index (χ4n) is 4.05. The van der Waals surface area contributed by atoms with Gasteiger partial charge in [-0.3, -0.25) is 0 Å². The lowest BCUT2D eigenvalue weighted by Gasteiger charge is -2.36. The van der Waals surface area contributed by atoms with E-state index in [2.05, 4.69) is 6.92 Å². The molecule has 28 heavy (non-hydrogen) atoms. The highest BCUT2D eigenvalue weighted by atomic mass is 16.5. The minimum atomic E-state index is -0.252. The van der Waals surface area contributed by atoms with E-state index >= 15 is 0 Å². The molecule has 0 heterocycles. The molecule has 0 aliphatic carbocycles. The summed E-state index contributed by atoms with van der Waals surface area (Å²) in [5, 5.41) is 11.7. The van der Waals surface area contributed by atoms with Gasteiger partial charge in [0, 0.05) is 7.11 Å². The molecule has 0 saturated heterocycles. The van der Waals surface area contributed by atoms with E-state index in [-0.39, 0.29) is 10.8 Å². The van der Waals surface area contributed by atoms with Crippen molar-refractivity contribution in [2.45, 2.75) is 135 Å². The number of hydrogen-bond acceptors (Lipinski definition) is 2. The third-order valence-electron chi connectivity index (χ3n) is 5.86. The third kappa shape index (κ3) is 22.2. The standard InChI is InChI=1S/C25H53NO2/c1-5-6-7-8-9-10-11-12-13-14-15-16-17-18-19-20-21-22-23-25(28-4)24-26(2,3)27/h25H,5-24H2,1-4H3. The molecule has 0 bridgehead atoms. The smallest absolute Gasteiger partial charge is 0.106 e. The van der Waals surface area contributed by atoms with Crippen LogP contribution in [-0.4, -0.2) is 38.5 Å². The zero-order valence-corrected chi connectivity index (χ0v) is 20.0. The topological polar surface area (TPSA) is 32.3 Å². The van der Waals surface area contributed by atoms with Crippen molar-refractivity contribution in [3.05, 3.63) is 5.21 Å². The zero-order valence-electron chi connectivity index (χ0n) is 20.0. The normalized spacial score (nSPS) is 13.2. The van der Waals surface area contributed by atoms with Crippen molar-refractivity contribution < 1.29 is 9.38 Å². The van der Waals surface area contributed by atoms with E-state index < -0.39 is 0 Å². The molecule has 0 aliphatic rings. The summed E-state index contributed by atoms with van der Waals surface area (Å²) < 4.78 is 5.19. The Bertz CT molecular complexity index is 301. The van der Waals surface area contributed by atoms with Crippen molar-refractivity contribution in [1.29, 1.82) is 0 Å². The summed E-state index contributed by atoms with van der Waals surface area (Å²) >= 11 is 0. The van der Waals surface area contributed by atoms with Gasteiger partial charge >= 0.3 is 0 Å². The van der Waals surface area contributed by atoms with Crippen molar-refractivity contribution in [1.82, 2.24) is 0 Å². The Balaban J connectivity index is 3.19. The maximum Gasteiger partial charge on any atom is 0.106 e. The summed E-state index contributed by atoms with van der Waals surface area (Å²) in [5.74, 6) is 0. The molecular weight excluding hydrogens is 346 g/mol. The van der Waals surface area contributed by atoms with Gasteiger partial charge in [0.1, 0.15) is 12.6 Å². The van der Waals surface area contributed by atoms with Crippen LogP contribution < -0.4 is 0 Å². The number of methoxy groups -OCH3 is 1. The number of likely N-dealkylation sites (N-methyl/N-ethyl adjacent to an activating group) is 1.